The Labute approximate surface area is 131 Å². The molecule has 0 spiro atoms. The molecule has 0 bridgehead atoms. The number of halogens is 1. The van der Waals surface area contributed by atoms with Gasteiger partial charge in [0.2, 0.25) is 0 Å². The smallest absolute Gasteiger partial charge is 1.00 e. The van der Waals surface area contributed by atoms with Crippen LogP contribution in [0.15, 0.2) is 18.2 Å². The Bertz CT molecular complexity index is 348. The SMILES string of the molecule is CCCCCCOc1ccc(C=O)cc1Cl.[H-].[Na+]. The minimum Gasteiger partial charge on any atom is -1.00 e. The molecular weight excluding hydrogens is 247 g/mol. The molecule has 0 saturated carbocycles. The number of aldehydes is 1. The van der Waals surface area contributed by atoms with Crippen molar-refractivity contribution in [3.05, 3.63) is 28.8 Å². The van der Waals surface area contributed by atoms with Gasteiger partial charge in [-0.3, -0.25) is 4.79 Å². The summed E-state index contributed by atoms with van der Waals surface area (Å²) in [7, 11) is 0. The number of ether oxygens (including phenoxy) is 1. The van der Waals surface area contributed by atoms with Crippen molar-refractivity contribution in [2.24, 2.45) is 0 Å². The number of unbranched alkanes of at least 4 members (excludes halogenated alkanes) is 3. The number of hydrogen-bond donors (Lipinski definition) is 0. The molecule has 1 rings (SSSR count). The van der Waals surface area contributed by atoms with Crippen molar-refractivity contribution in [2.45, 2.75) is 32.6 Å². The molecule has 17 heavy (non-hydrogen) atoms. The molecular formula is C13H18ClNaO2. The molecule has 0 unspecified atom stereocenters. The van der Waals surface area contributed by atoms with Gasteiger partial charge in [-0.1, -0.05) is 37.8 Å². The number of benzene rings is 1. The van der Waals surface area contributed by atoms with Crippen LogP contribution in [-0.2, 0) is 0 Å². The van der Waals surface area contributed by atoms with E-state index in [0.717, 1.165) is 12.7 Å². The fourth-order valence-corrected chi connectivity index (χ4v) is 1.66. The Balaban J connectivity index is 0. The van der Waals surface area contributed by atoms with Crippen molar-refractivity contribution in [2.75, 3.05) is 6.61 Å². The maximum Gasteiger partial charge on any atom is 1.00 e. The van der Waals surface area contributed by atoms with Crippen LogP contribution in [0.5, 0.6) is 5.75 Å². The summed E-state index contributed by atoms with van der Waals surface area (Å²) in [6.07, 6.45) is 5.45. The standard InChI is InChI=1S/C13H17ClO2.Na.H/c1-2-3-4-5-8-16-13-7-6-11(10-15)9-12(13)14;;/h6-7,9-10H,2-5,8H2,1H3;;/q;+1;-1. The Hall–Kier alpha value is -0.0200. The average Bonchev–Trinajstić information content (AvgIpc) is 2.30. The van der Waals surface area contributed by atoms with E-state index in [1.165, 1.54) is 19.3 Å². The molecule has 1 aromatic rings. The van der Waals surface area contributed by atoms with Gasteiger partial charge in [0.05, 0.1) is 11.6 Å². The molecule has 0 N–H and O–H groups in total. The largest absolute Gasteiger partial charge is 1.00 e. The minimum absolute atomic E-state index is 0. The Morgan fingerprint density at radius 1 is 1.35 bits per heavy atom. The molecule has 4 heteroatoms. The van der Waals surface area contributed by atoms with E-state index in [-0.39, 0.29) is 31.0 Å². The van der Waals surface area contributed by atoms with Gasteiger partial charge in [0.25, 0.3) is 0 Å². The second-order valence-electron chi connectivity index (χ2n) is 3.72. The monoisotopic (exact) mass is 264 g/mol. The van der Waals surface area contributed by atoms with Crippen LogP contribution in [0.4, 0.5) is 0 Å². The Morgan fingerprint density at radius 3 is 2.71 bits per heavy atom. The first-order valence-corrected chi connectivity index (χ1v) is 6.03. The van der Waals surface area contributed by atoms with Crippen LogP contribution in [0.25, 0.3) is 0 Å². The summed E-state index contributed by atoms with van der Waals surface area (Å²) in [6.45, 7) is 2.86. The van der Waals surface area contributed by atoms with E-state index in [1.807, 2.05) is 0 Å². The fraction of sp³-hybridized carbons (Fsp3) is 0.462. The summed E-state index contributed by atoms with van der Waals surface area (Å²) < 4.78 is 5.53. The first kappa shape index (κ1) is 17.0. The Morgan fingerprint density at radius 2 is 2.12 bits per heavy atom. The molecule has 0 aromatic heterocycles. The van der Waals surface area contributed by atoms with E-state index in [2.05, 4.69) is 6.92 Å². The van der Waals surface area contributed by atoms with Gasteiger partial charge in [-0.15, -0.1) is 0 Å². The third-order valence-corrected chi connectivity index (χ3v) is 2.64. The van der Waals surface area contributed by atoms with Crippen molar-refractivity contribution in [3.8, 4) is 5.75 Å². The minimum atomic E-state index is 0. The topological polar surface area (TPSA) is 26.3 Å². The number of carbonyl (C=O) groups excluding carboxylic acids is 1. The predicted molar refractivity (Wildman–Crippen MR) is 67.6 cm³/mol. The van der Waals surface area contributed by atoms with Gasteiger partial charge in [0, 0.05) is 5.56 Å². The summed E-state index contributed by atoms with van der Waals surface area (Å²) in [5.74, 6) is 0.656. The van der Waals surface area contributed by atoms with Crippen LogP contribution < -0.4 is 34.3 Å². The summed E-state index contributed by atoms with van der Waals surface area (Å²) in [5, 5.41) is 0.500. The van der Waals surface area contributed by atoms with Crippen LogP contribution in [0.2, 0.25) is 5.02 Å². The molecule has 0 fully saturated rings. The van der Waals surface area contributed by atoms with E-state index in [0.29, 0.717) is 22.9 Å². The van der Waals surface area contributed by atoms with Crippen LogP contribution >= 0.6 is 11.6 Å². The number of hydrogen-bond acceptors (Lipinski definition) is 2. The zero-order valence-electron chi connectivity index (χ0n) is 11.5. The predicted octanol–water partition coefficient (Wildman–Crippen LogP) is 1.23. The first-order chi connectivity index (χ1) is 7.77. The van der Waals surface area contributed by atoms with E-state index >= 15 is 0 Å². The molecule has 0 aliphatic heterocycles. The number of carbonyl (C=O) groups is 1. The second kappa shape index (κ2) is 9.95. The van der Waals surface area contributed by atoms with Gasteiger partial charge in [-0.05, 0) is 24.6 Å². The second-order valence-corrected chi connectivity index (χ2v) is 4.12. The first-order valence-electron chi connectivity index (χ1n) is 5.65. The maximum absolute atomic E-state index is 10.5. The normalized spacial score (nSPS) is 9.53. The average molecular weight is 265 g/mol. The van der Waals surface area contributed by atoms with E-state index in [1.54, 1.807) is 18.2 Å². The quantitative estimate of drug-likeness (QED) is 0.421. The van der Waals surface area contributed by atoms with Crippen molar-refractivity contribution < 1.29 is 40.5 Å². The maximum atomic E-state index is 10.5. The molecule has 0 saturated heterocycles. The van der Waals surface area contributed by atoms with Crippen molar-refractivity contribution in [3.63, 3.8) is 0 Å². The molecule has 0 heterocycles. The summed E-state index contributed by atoms with van der Waals surface area (Å²) in [4.78, 5) is 10.5. The van der Waals surface area contributed by atoms with E-state index < -0.39 is 0 Å². The third-order valence-electron chi connectivity index (χ3n) is 2.35. The molecule has 0 atom stereocenters. The van der Waals surface area contributed by atoms with Crippen LogP contribution in [-0.4, -0.2) is 12.9 Å². The summed E-state index contributed by atoms with van der Waals surface area (Å²) in [6, 6.07) is 5.07. The zero-order valence-corrected chi connectivity index (χ0v) is 13.3. The summed E-state index contributed by atoms with van der Waals surface area (Å²) in [5.41, 5.74) is 0.573. The van der Waals surface area contributed by atoms with Gasteiger partial charge in [-0.25, -0.2) is 0 Å². The molecule has 0 amide bonds. The van der Waals surface area contributed by atoms with Gasteiger partial charge in [-0.2, -0.15) is 0 Å². The van der Waals surface area contributed by atoms with Crippen LogP contribution in [0.1, 0.15) is 44.4 Å². The molecule has 2 nitrogen and oxygen atoms in total. The van der Waals surface area contributed by atoms with Crippen molar-refractivity contribution >= 4 is 17.9 Å². The van der Waals surface area contributed by atoms with Gasteiger partial charge in [0.15, 0.2) is 0 Å². The zero-order chi connectivity index (χ0) is 11.8. The molecule has 90 valence electrons. The fourth-order valence-electron chi connectivity index (χ4n) is 1.42. The molecule has 0 radical (unpaired) electrons. The van der Waals surface area contributed by atoms with Crippen molar-refractivity contribution in [1.82, 2.24) is 0 Å². The van der Waals surface area contributed by atoms with Gasteiger partial charge >= 0.3 is 29.6 Å². The number of rotatable bonds is 7. The van der Waals surface area contributed by atoms with Crippen LogP contribution in [0.3, 0.4) is 0 Å². The molecule has 1 aromatic carbocycles. The van der Waals surface area contributed by atoms with E-state index in [9.17, 15) is 4.79 Å². The van der Waals surface area contributed by atoms with Gasteiger partial charge in [0.1, 0.15) is 12.0 Å². The summed E-state index contributed by atoms with van der Waals surface area (Å²) >= 11 is 5.96. The third kappa shape index (κ3) is 6.46. The van der Waals surface area contributed by atoms with Crippen LogP contribution in [0, 0.1) is 0 Å². The molecule has 0 aliphatic rings. The Kier molecular flexibility index (Phi) is 9.94. The van der Waals surface area contributed by atoms with Gasteiger partial charge < -0.3 is 6.16 Å². The van der Waals surface area contributed by atoms with Crippen molar-refractivity contribution in [1.29, 1.82) is 0 Å². The molecule has 0 aliphatic carbocycles. The van der Waals surface area contributed by atoms with E-state index in [4.69, 9.17) is 16.3 Å².